The average molecular weight is 289 g/mol. The summed E-state index contributed by atoms with van der Waals surface area (Å²) in [6.45, 7) is 3.28. The number of hydrogen-bond donors (Lipinski definition) is 1. The van der Waals surface area contributed by atoms with Gasteiger partial charge in [-0.05, 0) is 18.2 Å². The van der Waals surface area contributed by atoms with Crippen LogP contribution in [-0.2, 0) is 6.42 Å². The maximum absolute atomic E-state index is 14.1. The topological polar surface area (TPSA) is 21.3 Å². The molecule has 0 spiro atoms. The molecule has 0 radical (unpaired) electrons. The molecule has 110 valence electrons. The van der Waals surface area contributed by atoms with Crippen molar-refractivity contribution in [1.29, 1.82) is 0 Å². The average Bonchev–Trinajstić information content (AvgIpc) is 2.94. The predicted octanol–water partition coefficient (Wildman–Crippen LogP) is 3.60. The second-order valence-electron chi connectivity index (χ2n) is 5.09. The van der Waals surface area contributed by atoms with Gasteiger partial charge in [-0.1, -0.05) is 31.2 Å². The monoisotopic (exact) mass is 289 g/mol. The van der Waals surface area contributed by atoms with E-state index in [-0.39, 0.29) is 6.04 Å². The summed E-state index contributed by atoms with van der Waals surface area (Å²) in [6, 6.07) is 9.26. The van der Waals surface area contributed by atoms with Gasteiger partial charge in [0.2, 0.25) is 0 Å². The molecule has 1 aliphatic heterocycles. The van der Waals surface area contributed by atoms with E-state index in [1.54, 1.807) is 0 Å². The molecule has 0 saturated heterocycles. The molecule has 1 aliphatic rings. The zero-order valence-electron chi connectivity index (χ0n) is 11.8. The second kappa shape index (κ2) is 5.82. The van der Waals surface area contributed by atoms with Gasteiger partial charge in [0, 0.05) is 23.6 Å². The number of fused-ring (bicyclic) bond motifs is 1. The fourth-order valence-electron chi connectivity index (χ4n) is 2.80. The summed E-state index contributed by atoms with van der Waals surface area (Å²) in [5, 5.41) is 3.26. The Morgan fingerprint density at radius 2 is 2.05 bits per heavy atom. The minimum atomic E-state index is -0.568. The maximum atomic E-state index is 14.1. The molecule has 1 N–H and O–H groups in total. The normalized spacial score (nSPS) is 14.6. The van der Waals surface area contributed by atoms with E-state index in [1.165, 1.54) is 12.1 Å². The van der Waals surface area contributed by atoms with Crippen LogP contribution in [0.25, 0.3) is 0 Å². The number of ether oxygens (including phenoxy) is 1. The molecule has 0 amide bonds. The van der Waals surface area contributed by atoms with Gasteiger partial charge in [-0.25, -0.2) is 8.78 Å². The molecule has 3 rings (SSSR count). The van der Waals surface area contributed by atoms with Crippen LogP contribution < -0.4 is 10.1 Å². The van der Waals surface area contributed by atoms with Crippen LogP contribution in [-0.4, -0.2) is 13.2 Å². The highest BCUT2D eigenvalue weighted by atomic mass is 19.1. The zero-order valence-corrected chi connectivity index (χ0v) is 11.8. The quantitative estimate of drug-likeness (QED) is 0.928. The molecular formula is C17H17F2NO. The Labute approximate surface area is 122 Å². The number of para-hydroxylation sites is 1. The smallest absolute Gasteiger partial charge is 0.131 e. The van der Waals surface area contributed by atoms with E-state index < -0.39 is 11.6 Å². The van der Waals surface area contributed by atoms with Crippen LogP contribution in [0.1, 0.15) is 29.7 Å². The van der Waals surface area contributed by atoms with Crippen molar-refractivity contribution in [3.05, 3.63) is 64.7 Å². The molecule has 0 bridgehead atoms. The number of nitrogens with one attached hydrogen (secondary N) is 1. The van der Waals surface area contributed by atoms with Crippen LogP contribution in [0, 0.1) is 11.6 Å². The minimum Gasteiger partial charge on any atom is -0.493 e. The second-order valence-corrected chi connectivity index (χ2v) is 5.09. The Morgan fingerprint density at radius 1 is 1.19 bits per heavy atom. The van der Waals surface area contributed by atoms with E-state index in [0.29, 0.717) is 18.7 Å². The van der Waals surface area contributed by atoms with E-state index in [9.17, 15) is 8.78 Å². The van der Waals surface area contributed by atoms with Gasteiger partial charge in [-0.15, -0.1) is 0 Å². The summed E-state index contributed by atoms with van der Waals surface area (Å²) in [5.74, 6) is -0.287. The van der Waals surface area contributed by atoms with Crippen LogP contribution in [0.3, 0.4) is 0 Å². The molecule has 0 aromatic heterocycles. The van der Waals surface area contributed by atoms with Gasteiger partial charge >= 0.3 is 0 Å². The third kappa shape index (κ3) is 2.63. The van der Waals surface area contributed by atoms with E-state index in [0.717, 1.165) is 29.4 Å². The lowest BCUT2D eigenvalue weighted by atomic mass is 9.95. The van der Waals surface area contributed by atoms with Crippen LogP contribution in [0.4, 0.5) is 8.78 Å². The fourth-order valence-corrected chi connectivity index (χ4v) is 2.80. The SMILES string of the molecule is CCNC(c1ccc(F)cc1F)c1cccc2c1OCC2. The highest BCUT2D eigenvalue weighted by Crippen LogP contribution is 2.36. The Balaban J connectivity index is 2.08. The summed E-state index contributed by atoms with van der Waals surface area (Å²) in [4.78, 5) is 0. The van der Waals surface area contributed by atoms with Crippen molar-refractivity contribution in [2.24, 2.45) is 0 Å². The zero-order chi connectivity index (χ0) is 14.8. The lowest BCUT2D eigenvalue weighted by molar-refractivity contribution is 0.350. The highest BCUT2D eigenvalue weighted by Gasteiger charge is 2.24. The largest absolute Gasteiger partial charge is 0.493 e. The summed E-state index contributed by atoms with van der Waals surface area (Å²) >= 11 is 0. The van der Waals surface area contributed by atoms with Crippen molar-refractivity contribution in [2.75, 3.05) is 13.2 Å². The molecular weight excluding hydrogens is 272 g/mol. The first-order chi connectivity index (χ1) is 10.2. The van der Waals surface area contributed by atoms with Crippen LogP contribution in [0.2, 0.25) is 0 Å². The van der Waals surface area contributed by atoms with Crippen molar-refractivity contribution in [1.82, 2.24) is 5.32 Å². The molecule has 1 atom stereocenters. The Morgan fingerprint density at radius 3 is 2.81 bits per heavy atom. The third-order valence-electron chi connectivity index (χ3n) is 3.74. The van der Waals surface area contributed by atoms with Crippen molar-refractivity contribution in [3.8, 4) is 5.75 Å². The molecule has 1 unspecified atom stereocenters. The first kappa shape index (κ1) is 14.0. The van der Waals surface area contributed by atoms with Crippen LogP contribution in [0.5, 0.6) is 5.75 Å². The van der Waals surface area contributed by atoms with Crippen molar-refractivity contribution < 1.29 is 13.5 Å². The summed E-state index contributed by atoms with van der Waals surface area (Å²) in [7, 11) is 0. The molecule has 2 aromatic rings. The standard InChI is InChI=1S/C17H17F2NO/c1-2-20-16(13-7-6-12(18)10-15(13)19)14-5-3-4-11-8-9-21-17(11)14/h3-7,10,16,20H,2,8-9H2,1H3. The van der Waals surface area contributed by atoms with E-state index >= 15 is 0 Å². The molecule has 21 heavy (non-hydrogen) atoms. The van der Waals surface area contributed by atoms with Gasteiger partial charge in [0.05, 0.1) is 12.6 Å². The fraction of sp³-hybridized carbons (Fsp3) is 0.294. The van der Waals surface area contributed by atoms with Crippen molar-refractivity contribution in [3.63, 3.8) is 0 Å². The predicted molar refractivity (Wildman–Crippen MR) is 77.5 cm³/mol. The first-order valence-corrected chi connectivity index (χ1v) is 7.13. The molecule has 0 fully saturated rings. The van der Waals surface area contributed by atoms with Gasteiger partial charge in [-0.2, -0.15) is 0 Å². The van der Waals surface area contributed by atoms with Gasteiger partial charge in [-0.3, -0.25) is 0 Å². The Bertz CT molecular complexity index is 657. The van der Waals surface area contributed by atoms with Crippen LogP contribution in [0.15, 0.2) is 36.4 Å². The highest BCUT2D eigenvalue weighted by molar-refractivity contribution is 5.48. The lowest BCUT2D eigenvalue weighted by Crippen LogP contribution is -2.23. The van der Waals surface area contributed by atoms with E-state index in [4.69, 9.17) is 4.74 Å². The van der Waals surface area contributed by atoms with Gasteiger partial charge in [0.25, 0.3) is 0 Å². The van der Waals surface area contributed by atoms with Gasteiger partial charge < -0.3 is 10.1 Å². The van der Waals surface area contributed by atoms with Crippen LogP contribution >= 0.6 is 0 Å². The summed E-state index contributed by atoms with van der Waals surface area (Å²) in [5.41, 5.74) is 2.47. The van der Waals surface area contributed by atoms with Gasteiger partial charge in [0.15, 0.2) is 0 Å². The number of halogens is 2. The van der Waals surface area contributed by atoms with Crippen molar-refractivity contribution in [2.45, 2.75) is 19.4 Å². The molecule has 2 aromatic carbocycles. The maximum Gasteiger partial charge on any atom is 0.131 e. The number of benzene rings is 2. The first-order valence-electron chi connectivity index (χ1n) is 7.13. The van der Waals surface area contributed by atoms with E-state index in [1.807, 2.05) is 25.1 Å². The van der Waals surface area contributed by atoms with Gasteiger partial charge in [0.1, 0.15) is 17.4 Å². The van der Waals surface area contributed by atoms with E-state index in [2.05, 4.69) is 5.32 Å². The summed E-state index contributed by atoms with van der Waals surface area (Å²) < 4.78 is 33.0. The summed E-state index contributed by atoms with van der Waals surface area (Å²) in [6.07, 6.45) is 0.869. The lowest BCUT2D eigenvalue weighted by Gasteiger charge is -2.21. The minimum absolute atomic E-state index is 0.344. The number of rotatable bonds is 4. The molecule has 0 aliphatic carbocycles. The molecule has 0 saturated carbocycles. The van der Waals surface area contributed by atoms with Crippen molar-refractivity contribution >= 4 is 0 Å². The molecule has 1 heterocycles. The molecule has 4 heteroatoms. The Hall–Kier alpha value is -1.94. The third-order valence-corrected chi connectivity index (χ3v) is 3.74. The molecule has 2 nitrogen and oxygen atoms in total. The number of hydrogen-bond acceptors (Lipinski definition) is 2. The Kier molecular flexibility index (Phi) is 3.88.